The zero-order chi connectivity index (χ0) is 13.1. The summed E-state index contributed by atoms with van der Waals surface area (Å²) in [5, 5.41) is 15.4. The fourth-order valence-corrected chi connectivity index (χ4v) is 2.59. The molecule has 3 rings (SSSR count). The van der Waals surface area contributed by atoms with Gasteiger partial charge < -0.3 is 5.32 Å². The smallest absolute Gasteiger partial charge is 0.128 e. The van der Waals surface area contributed by atoms with Crippen LogP contribution in [0.1, 0.15) is 10.4 Å². The van der Waals surface area contributed by atoms with Crippen LogP contribution in [-0.4, -0.2) is 4.98 Å². The molecule has 0 saturated carbocycles. The highest BCUT2D eigenvalue weighted by Gasteiger charge is 2.04. The molecule has 0 aliphatic heterocycles. The van der Waals surface area contributed by atoms with E-state index in [9.17, 15) is 5.26 Å². The Hall–Kier alpha value is -2.38. The summed E-state index contributed by atoms with van der Waals surface area (Å²) < 4.78 is 0. The molecule has 0 saturated heterocycles. The zero-order valence-electron chi connectivity index (χ0n) is 10.1. The van der Waals surface area contributed by atoms with E-state index in [1.54, 1.807) is 17.4 Å². The third-order valence-corrected chi connectivity index (χ3v) is 3.74. The summed E-state index contributed by atoms with van der Waals surface area (Å²) >= 11 is 1.70. The van der Waals surface area contributed by atoms with E-state index in [-0.39, 0.29) is 0 Å². The topological polar surface area (TPSA) is 48.7 Å². The highest BCUT2D eigenvalue weighted by molar-refractivity contribution is 7.09. The van der Waals surface area contributed by atoms with E-state index in [4.69, 9.17) is 0 Å². The molecule has 0 atom stereocenters. The Morgan fingerprint density at radius 1 is 1.21 bits per heavy atom. The van der Waals surface area contributed by atoms with Gasteiger partial charge in [0, 0.05) is 10.3 Å². The Balaban J connectivity index is 1.94. The summed E-state index contributed by atoms with van der Waals surface area (Å²) in [6.45, 7) is 0.730. The van der Waals surface area contributed by atoms with Crippen LogP contribution < -0.4 is 5.32 Å². The Morgan fingerprint density at radius 2 is 2.11 bits per heavy atom. The van der Waals surface area contributed by atoms with E-state index in [1.165, 1.54) is 4.88 Å². The molecule has 0 aliphatic rings. The van der Waals surface area contributed by atoms with Gasteiger partial charge in [0.1, 0.15) is 5.82 Å². The predicted octanol–water partition coefficient (Wildman–Crippen LogP) is 3.78. The van der Waals surface area contributed by atoms with E-state index in [0.29, 0.717) is 5.56 Å². The van der Waals surface area contributed by atoms with Crippen molar-refractivity contribution < 1.29 is 0 Å². The zero-order valence-corrected chi connectivity index (χ0v) is 10.9. The van der Waals surface area contributed by atoms with E-state index in [1.807, 2.05) is 35.7 Å². The Labute approximate surface area is 115 Å². The first-order valence-electron chi connectivity index (χ1n) is 5.93. The number of rotatable bonds is 3. The lowest BCUT2D eigenvalue weighted by molar-refractivity contribution is 1.15. The van der Waals surface area contributed by atoms with Crippen molar-refractivity contribution in [2.75, 3.05) is 5.32 Å². The molecule has 2 aromatic heterocycles. The van der Waals surface area contributed by atoms with Crippen molar-refractivity contribution in [3.8, 4) is 6.07 Å². The number of fused-ring (bicyclic) bond motifs is 1. The summed E-state index contributed by atoms with van der Waals surface area (Å²) in [6, 6.07) is 15.8. The van der Waals surface area contributed by atoms with Crippen molar-refractivity contribution >= 4 is 28.1 Å². The number of benzene rings is 1. The van der Waals surface area contributed by atoms with Gasteiger partial charge in [-0.05, 0) is 23.6 Å². The van der Waals surface area contributed by atoms with Crippen molar-refractivity contribution in [3.63, 3.8) is 0 Å². The fourth-order valence-electron chi connectivity index (χ4n) is 1.95. The number of nitrogens with zero attached hydrogens (tertiary/aromatic N) is 2. The van der Waals surface area contributed by atoms with Crippen LogP contribution in [-0.2, 0) is 6.54 Å². The van der Waals surface area contributed by atoms with Crippen LogP contribution in [0.4, 0.5) is 5.82 Å². The minimum Gasteiger partial charge on any atom is -0.365 e. The molecule has 0 fully saturated rings. The largest absolute Gasteiger partial charge is 0.365 e. The summed E-state index contributed by atoms with van der Waals surface area (Å²) in [7, 11) is 0. The molecule has 0 bridgehead atoms. The first kappa shape index (κ1) is 11.7. The lowest BCUT2D eigenvalue weighted by Crippen LogP contribution is -2.00. The molecule has 19 heavy (non-hydrogen) atoms. The third-order valence-electron chi connectivity index (χ3n) is 2.86. The van der Waals surface area contributed by atoms with Gasteiger partial charge in [0.05, 0.1) is 23.7 Å². The molecular formula is C15H11N3S. The Kier molecular flexibility index (Phi) is 3.13. The standard InChI is InChI=1S/C15H11N3S/c16-9-11-8-15(17-10-12-4-3-7-19-12)18-14-6-2-1-5-13(11)14/h1-8H,10H2,(H,17,18). The maximum atomic E-state index is 9.21. The summed E-state index contributed by atoms with van der Waals surface area (Å²) in [5.74, 6) is 0.739. The number of thiophene rings is 1. The van der Waals surface area contributed by atoms with Crippen LogP contribution in [0, 0.1) is 11.3 Å². The summed E-state index contributed by atoms with van der Waals surface area (Å²) in [4.78, 5) is 5.77. The molecular weight excluding hydrogens is 254 g/mol. The lowest BCUT2D eigenvalue weighted by atomic mass is 10.1. The average molecular weight is 265 g/mol. The quantitative estimate of drug-likeness (QED) is 0.784. The van der Waals surface area contributed by atoms with Gasteiger partial charge in [-0.25, -0.2) is 4.98 Å². The molecule has 92 valence electrons. The highest BCUT2D eigenvalue weighted by Crippen LogP contribution is 2.20. The molecule has 3 nitrogen and oxygen atoms in total. The number of hydrogen-bond donors (Lipinski definition) is 1. The van der Waals surface area contributed by atoms with Crippen molar-refractivity contribution in [1.29, 1.82) is 5.26 Å². The number of aromatic nitrogens is 1. The molecule has 0 radical (unpaired) electrons. The molecule has 4 heteroatoms. The van der Waals surface area contributed by atoms with E-state index in [2.05, 4.69) is 22.4 Å². The lowest BCUT2D eigenvalue weighted by Gasteiger charge is -2.07. The molecule has 0 aliphatic carbocycles. The minimum absolute atomic E-state index is 0.652. The Morgan fingerprint density at radius 3 is 2.89 bits per heavy atom. The Bertz CT molecular complexity index is 742. The minimum atomic E-state index is 0.652. The molecule has 3 aromatic rings. The molecule has 1 N–H and O–H groups in total. The third kappa shape index (κ3) is 2.42. The van der Waals surface area contributed by atoms with Crippen molar-refractivity contribution in [2.45, 2.75) is 6.54 Å². The average Bonchev–Trinajstić information content (AvgIpc) is 2.97. The normalized spacial score (nSPS) is 10.3. The van der Waals surface area contributed by atoms with E-state index in [0.717, 1.165) is 23.3 Å². The second-order valence-electron chi connectivity index (χ2n) is 4.12. The van der Waals surface area contributed by atoms with Crippen LogP contribution in [0.3, 0.4) is 0 Å². The fraction of sp³-hybridized carbons (Fsp3) is 0.0667. The van der Waals surface area contributed by atoms with Gasteiger partial charge in [0.25, 0.3) is 0 Å². The predicted molar refractivity (Wildman–Crippen MR) is 78.1 cm³/mol. The van der Waals surface area contributed by atoms with Crippen LogP contribution in [0.2, 0.25) is 0 Å². The van der Waals surface area contributed by atoms with Crippen molar-refractivity contribution in [3.05, 3.63) is 58.3 Å². The summed E-state index contributed by atoms with van der Waals surface area (Å²) in [5.41, 5.74) is 1.49. The van der Waals surface area contributed by atoms with Crippen molar-refractivity contribution in [1.82, 2.24) is 4.98 Å². The number of para-hydroxylation sites is 1. The van der Waals surface area contributed by atoms with Gasteiger partial charge in [-0.1, -0.05) is 24.3 Å². The summed E-state index contributed by atoms with van der Waals surface area (Å²) in [6.07, 6.45) is 0. The van der Waals surface area contributed by atoms with Crippen LogP contribution in [0.5, 0.6) is 0 Å². The van der Waals surface area contributed by atoms with Gasteiger partial charge in [0.15, 0.2) is 0 Å². The van der Waals surface area contributed by atoms with Crippen molar-refractivity contribution in [2.24, 2.45) is 0 Å². The van der Waals surface area contributed by atoms with Gasteiger partial charge in [0.2, 0.25) is 0 Å². The van der Waals surface area contributed by atoms with Gasteiger partial charge in [-0.2, -0.15) is 5.26 Å². The number of nitriles is 1. The number of anilines is 1. The SMILES string of the molecule is N#Cc1cc(NCc2cccs2)nc2ccccc12. The molecule has 0 unspecified atom stereocenters. The second-order valence-corrected chi connectivity index (χ2v) is 5.15. The van der Waals surface area contributed by atoms with Crippen LogP contribution >= 0.6 is 11.3 Å². The first-order chi connectivity index (χ1) is 9.36. The second kappa shape index (κ2) is 5.09. The van der Waals surface area contributed by atoms with E-state index < -0.39 is 0 Å². The van der Waals surface area contributed by atoms with Crippen LogP contribution in [0.15, 0.2) is 47.8 Å². The molecule has 2 heterocycles. The van der Waals surface area contributed by atoms with Crippen LogP contribution in [0.25, 0.3) is 10.9 Å². The van der Waals surface area contributed by atoms with Gasteiger partial charge >= 0.3 is 0 Å². The monoisotopic (exact) mass is 265 g/mol. The molecule has 0 spiro atoms. The number of hydrogen-bond acceptors (Lipinski definition) is 4. The maximum Gasteiger partial charge on any atom is 0.128 e. The van der Waals surface area contributed by atoms with Gasteiger partial charge in [-0.3, -0.25) is 0 Å². The maximum absolute atomic E-state index is 9.21. The highest BCUT2D eigenvalue weighted by atomic mass is 32.1. The van der Waals surface area contributed by atoms with Gasteiger partial charge in [-0.15, -0.1) is 11.3 Å². The molecule has 1 aromatic carbocycles. The molecule has 0 amide bonds. The van der Waals surface area contributed by atoms with E-state index >= 15 is 0 Å². The first-order valence-corrected chi connectivity index (χ1v) is 6.81. The number of pyridine rings is 1. The number of nitrogens with one attached hydrogen (secondary N) is 1.